The smallest absolute Gasteiger partial charge is 0.164 e. The summed E-state index contributed by atoms with van der Waals surface area (Å²) in [4.78, 5) is 4.25. The number of nitrogens with zero attached hydrogens (tertiary/aromatic N) is 1. The fourth-order valence-corrected chi connectivity index (χ4v) is 1.86. The minimum absolute atomic E-state index is 0.00528. The first-order chi connectivity index (χ1) is 6.98. The molecule has 0 saturated carbocycles. The number of pyridine rings is 1. The number of rotatable bonds is 1. The maximum Gasteiger partial charge on any atom is 0.164 e. The third-order valence-electron chi connectivity index (χ3n) is 2.40. The van der Waals surface area contributed by atoms with Gasteiger partial charge in [0.1, 0.15) is 6.10 Å². The Morgan fingerprint density at radius 2 is 2.13 bits per heavy atom. The minimum Gasteiger partial charge on any atom is -0.399 e. The van der Waals surface area contributed by atoms with Crippen LogP contribution < -0.4 is 5.73 Å². The van der Waals surface area contributed by atoms with Crippen molar-refractivity contribution in [2.45, 2.75) is 38.8 Å². The van der Waals surface area contributed by atoms with Crippen molar-refractivity contribution >= 4 is 5.69 Å². The van der Waals surface area contributed by atoms with Crippen molar-refractivity contribution in [1.82, 2.24) is 4.98 Å². The molecular weight excluding hydrogens is 192 g/mol. The van der Waals surface area contributed by atoms with Crippen molar-refractivity contribution in [3.63, 3.8) is 0 Å². The van der Waals surface area contributed by atoms with Crippen molar-refractivity contribution in [2.75, 3.05) is 5.73 Å². The van der Waals surface area contributed by atoms with E-state index in [1.807, 2.05) is 26.8 Å². The fraction of sp³-hybridized carbons (Fsp3) is 0.545. The highest BCUT2D eigenvalue weighted by Gasteiger charge is 2.40. The number of hydrogen-bond donors (Lipinski definition) is 1. The predicted molar refractivity (Wildman–Crippen MR) is 57.1 cm³/mol. The van der Waals surface area contributed by atoms with E-state index < -0.39 is 5.79 Å². The molecule has 0 unspecified atom stereocenters. The van der Waals surface area contributed by atoms with Crippen molar-refractivity contribution in [3.05, 3.63) is 24.0 Å². The number of ether oxygens (including phenoxy) is 2. The van der Waals surface area contributed by atoms with Crippen molar-refractivity contribution in [2.24, 2.45) is 0 Å². The van der Waals surface area contributed by atoms with Crippen molar-refractivity contribution in [3.8, 4) is 0 Å². The molecule has 2 heterocycles. The summed E-state index contributed by atoms with van der Waals surface area (Å²) < 4.78 is 11.4. The molecule has 0 aromatic carbocycles. The molecule has 1 aromatic heterocycles. The number of anilines is 1. The monoisotopic (exact) mass is 208 g/mol. The van der Waals surface area contributed by atoms with Crippen LogP contribution in [0.5, 0.6) is 0 Å². The van der Waals surface area contributed by atoms with Crippen LogP contribution in [-0.2, 0) is 9.47 Å². The van der Waals surface area contributed by atoms with E-state index >= 15 is 0 Å². The standard InChI is InChI=1S/C11H16N2O2/c1-7-10(15-11(2,3)14-7)9-6-8(12)4-5-13-9/h4-7,10H,1-3H3,(H2,12,13)/t7-,10+/m0/s1. The summed E-state index contributed by atoms with van der Waals surface area (Å²) in [6.45, 7) is 5.77. The Labute approximate surface area is 89.4 Å². The topological polar surface area (TPSA) is 57.4 Å². The Morgan fingerprint density at radius 1 is 1.40 bits per heavy atom. The van der Waals surface area contributed by atoms with Gasteiger partial charge in [0, 0.05) is 11.9 Å². The van der Waals surface area contributed by atoms with E-state index in [0.29, 0.717) is 5.69 Å². The molecule has 15 heavy (non-hydrogen) atoms. The molecule has 2 N–H and O–H groups in total. The van der Waals surface area contributed by atoms with Gasteiger partial charge in [-0.05, 0) is 32.9 Å². The predicted octanol–water partition coefficient (Wildman–Crippen LogP) is 1.88. The zero-order valence-corrected chi connectivity index (χ0v) is 9.23. The highest BCUT2D eigenvalue weighted by molar-refractivity contribution is 5.38. The Morgan fingerprint density at radius 3 is 2.67 bits per heavy atom. The molecule has 0 amide bonds. The summed E-state index contributed by atoms with van der Waals surface area (Å²) in [7, 11) is 0. The average molecular weight is 208 g/mol. The first-order valence-electron chi connectivity index (χ1n) is 5.05. The Bertz CT molecular complexity index is 365. The van der Waals surface area contributed by atoms with Gasteiger partial charge in [-0.3, -0.25) is 4.98 Å². The van der Waals surface area contributed by atoms with Gasteiger partial charge in [-0.15, -0.1) is 0 Å². The highest BCUT2D eigenvalue weighted by atomic mass is 16.7. The molecule has 0 bridgehead atoms. The van der Waals surface area contributed by atoms with Gasteiger partial charge in [0.2, 0.25) is 0 Å². The molecular formula is C11H16N2O2. The molecule has 2 atom stereocenters. The molecule has 82 valence electrons. The third-order valence-corrected chi connectivity index (χ3v) is 2.40. The van der Waals surface area contributed by atoms with E-state index in [4.69, 9.17) is 15.2 Å². The van der Waals surface area contributed by atoms with Gasteiger partial charge in [-0.2, -0.15) is 0 Å². The molecule has 1 aliphatic heterocycles. The van der Waals surface area contributed by atoms with Crippen molar-refractivity contribution < 1.29 is 9.47 Å². The maximum atomic E-state index is 5.76. The lowest BCUT2D eigenvalue weighted by Gasteiger charge is -2.16. The summed E-state index contributed by atoms with van der Waals surface area (Å²) >= 11 is 0. The first kappa shape index (κ1) is 10.4. The second kappa shape index (κ2) is 3.47. The fourth-order valence-electron chi connectivity index (χ4n) is 1.86. The van der Waals surface area contributed by atoms with Crippen LogP contribution in [0.1, 0.15) is 32.6 Å². The van der Waals surface area contributed by atoms with E-state index in [2.05, 4.69) is 4.98 Å². The molecule has 1 aliphatic rings. The van der Waals surface area contributed by atoms with Crippen LogP contribution in [0.2, 0.25) is 0 Å². The number of hydrogen-bond acceptors (Lipinski definition) is 4. The van der Waals surface area contributed by atoms with E-state index in [1.165, 1.54) is 0 Å². The van der Waals surface area contributed by atoms with Gasteiger partial charge < -0.3 is 15.2 Å². The van der Waals surface area contributed by atoms with Crippen molar-refractivity contribution in [1.29, 1.82) is 0 Å². The van der Waals surface area contributed by atoms with Crippen LogP contribution in [0.3, 0.4) is 0 Å². The Kier molecular flexibility index (Phi) is 2.40. The van der Waals surface area contributed by atoms with Crippen LogP contribution >= 0.6 is 0 Å². The van der Waals surface area contributed by atoms with E-state index in [0.717, 1.165) is 5.69 Å². The summed E-state index contributed by atoms with van der Waals surface area (Å²) in [5.41, 5.74) is 7.22. The van der Waals surface area contributed by atoms with E-state index in [9.17, 15) is 0 Å². The molecule has 0 spiro atoms. The van der Waals surface area contributed by atoms with E-state index in [-0.39, 0.29) is 12.2 Å². The quantitative estimate of drug-likeness (QED) is 0.765. The van der Waals surface area contributed by atoms with Gasteiger partial charge in [-0.25, -0.2) is 0 Å². The maximum absolute atomic E-state index is 5.76. The van der Waals surface area contributed by atoms with Gasteiger partial charge in [-0.1, -0.05) is 0 Å². The number of nitrogen functional groups attached to an aromatic ring is 1. The van der Waals surface area contributed by atoms with Gasteiger partial charge in [0.05, 0.1) is 11.8 Å². The van der Waals surface area contributed by atoms with E-state index in [1.54, 1.807) is 12.3 Å². The lowest BCUT2D eigenvalue weighted by molar-refractivity contribution is -0.145. The SMILES string of the molecule is C[C@@H]1OC(C)(C)O[C@H]1c1cc(N)ccn1. The summed E-state index contributed by atoms with van der Waals surface area (Å²) in [5.74, 6) is -0.545. The summed E-state index contributed by atoms with van der Waals surface area (Å²) in [6, 6.07) is 3.58. The van der Waals surface area contributed by atoms with Gasteiger partial charge in [0.15, 0.2) is 5.79 Å². The molecule has 2 rings (SSSR count). The average Bonchev–Trinajstić information content (AvgIpc) is 2.40. The second-order valence-electron chi connectivity index (χ2n) is 4.28. The summed E-state index contributed by atoms with van der Waals surface area (Å²) in [5, 5.41) is 0. The number of nitrogens with two attached hydrogens (primary N) is 1. The summed E-state index contributed by atoms with van der Waals surface area (Å²) in [6.07, 6.45) is 1.55. The third kappa shape index (κ3) is 2.11. The molecule has 4 nitrogen and oxygen atoms in total. The zero-order chi connectivity index (χ0) is 11.1. The number of aromatic nitrogens is 1. The van der Waals surface area contributed by atoms with Crippen LogP contribution in [0.4, 0.5) is 5.69 Å². The van der Waals surface area contributed by atoms with Crippen LogP contribution in [0, 0.1) is 0 Å². The molecule has 4 heteroatoms. The molecule has 0 aliphatic carbocycles. The van der Waals surface area contributed by atoms with Crippen LogP contribution in [-0.4, -0.2) is 16.9 Å². The highest BCUT2D eigenvalue weighted by Crippen LogP contribution is 2.37. The van der Waals surface area contributed by atoms with Gasteiger partial charge >= 0.3 is 0 Å². The molecule has 1 aromatic rings. The Balaban J connectivity index is 2.25. The second-order valence-corrected chi connectivity index (χ2v) is 4.28. The lowest BCUT2D eigenvalue weighted by atomic mass is 10.1. The minimum atomic E-state index is -0.545. The van der Waals surface area contributed by atoms with Crippen LogP contribution in [0.15, 0.2) is 18.3 Å². The molecule has 1 saturated heterocycles. The Hall–Kier alpha value is -1.13. The zero-order valence-electron chi connectivity index (χ0n) is 9.23. The molecule has 0 radical (unpaired) electrons. The van der Waals surface area contributed by atoms with Crippen LogP contribution in [0.25, 0.3) is 0 Å². The lowest BCUT2D eigenvalue weighted by Crippen LogP contribution is -2.20. The van der Waals surface area contributed by atoms with Gasteiger partial charge in [0.25, 0.3) is 0 Å². The first-order valence-corrected chi connectivity index (χ1v) is 5.05. The largest absolute Gasteiger partial charge is 0.399 e. The molecule has 1 fully saturated rings. The normalized spacial score (nSPS) is 29.3.